The number of unbranched alkanes of at least 4 members (excludes halogenated alkanes) is 1. The molecule has 0 fully saturated rings. The van der Waals surface area contributed by atoms with Gasteiger partial charge in [0.2, 0.25) is 0 Å². The van der Waals surface area contributed by atoms with Crippen molar-refractivity contribution in [2.45, 2.75) is 70.6 Å². The predicted octanol–water partition coefficient (Wildman–Crippen LogP) is 4.78. The van der Waals surface area contributed by atoms with Crippen molar-refractivity contribution >= 4 is 17.6 Å². The molecule has 0 saturated carbocycles. The average Bonchev–Trinajstić information content (AvgIpc) is 3.29. The minimum atomic E-state index is -0.260. The van der Waals surface area contributed by atoms with Crippen molar-refractivity contribution in [3.05, 3.63) is 52.7 Å². The number of nitrogens with zero attached hydrogens (tertiary/aromatic N) is 1. The summed E-state index contributed by atoms with van der Waals surface area (Å²) < 4.78 is 10.9. The van der Waals surface area contributed by atoms with Crippen LogP contribution in [0.3, 0.4) is 0 Å². The van der Waals surface area contributed by atoms with Gasteiger partial charge in [-0.1, -0.05) is 18.2 Å². The second kappa shape index (κ2) is 11.3. The first-order chi connectivity index (χ1) is 16.1. The van der Waals surface area contributed by atoms with Gasteiger partial charge in [-0.25, -0.2) is 4.98 Å². The van der Waals surface area contributed by atoms with Gasteiger partial charge in [-0.15, -0.1) is 0 Å². The van der Waals surface area contributed by atoms with Crippen LogP contribution in [0.2, 0.25) is 0 Å². The quantitative estimate of drug-likeness (QED) is 0.392. The SMILES string of the molecule is CCOC(=O)CC(CC(=O)CCCCc1ccc2c(n1)NCCC2)c1ccc2c(c1)OCC2. The van der Waals surface area contributed by atoms with E-state index in [-0.39, 0.29) is 24.1 Å². The molecule has 2 aliphatic rings. The van der Waals surface area contributed by atoms with Crippen LogP contribution in [-0.2, 0) is 33.6 Å². The molecule has 0 amide bonds. The van der Waals surface area contributed by atoms with Crippen molar-refractivity contribution in [2.24, 2.45) is 0 Å². The highest BCUT2D eigenvalue weighted by molar-refractivity contribution is 5.80. The first-order valence-corrected chi connectivity index (χ1v) is 12.3. The molecule has 1 unspecified atom stereocenters. The topological polar surface area (TPSA) is 77.5 Å². The molecule has 1 N–H and O–H groups in total. The minimum Gasteiger partial charge on any atom is -0.493 e. The third kappa shape index (κ3) is 6.34. The molecule has 3 heterocycles. The maximum absolute atomic E-state index is 12.8. The molecule has 33 heavy (non-hydrogen) atoms. The Kier molecular flexibility index (Phi) is 7.97. The van der Waals surface area contributed by atoms with Crippen LogP contribution in [0.15, 0.2) is 30.3 Å². The summed E-state index contributed by atoms with van der Waals surface area (Å²) >= 11 is 0. The van der Waals surface area contributed by atoms with Gasteiger partial charge in [-0.2, -0.15) is 0 Å². The lowest BCUT2D eigenvalue weighted by molar-refractivity contribution is -0.143. The number of hydrogen-bond acceptors (Lipinski definition) is 6. The minimum absolute atomic E-state index is 0.181. The van der Waals surface area contributed by atoms with Gasteiger partial charge in [-0.3, -0.25) is 9.59 Å². The van der Waals surface area contributed by atoms with Gasteiger partial charge in [0.15, 0.2) is 0 Å². The lowest BCUT2D eigenvalue weighted by Gasteiger charge is -2.17. The summed E-state index contributed by atoms with van der Waals surface area (Å²) in [5.41, 5.74) is 4.53. The zero-order valence-corrected chi connectivity index (χ0v) is 19.5. The molecule has 1 aromatic heterocycles. The summed E-state index contributed by atoms with van der Waals surface area (Å²) in [5.74, 6) is 1.64. The number of carbonyl (C=O) groups is 2. The molecule has 0 spiro atoms. The van der Waals surface area contributed by atoms with Crippen LogP contribution in [-0.4, -0.2) is 36.5 Å². The molecule has 0 bridgehead atoms. The summed E-state index contributed by atoms with van der Waals surface area (Å²) in [6, 6.07) is 10.4. The third-order valence-corrected chi connectivity index (χ3v) is 6.47. The molecule has 0 radical (unpaired) electrons. The summed E-state index contributed by atoms with van der Waals surface area (Å²) in [7, 11) is 0. The fourth-order valence-electron chi connectivity index (χ4n) is 4.68. The number of ketones is 1. The predicted molar refractivity (Wildman–Crippen MR) is 128 cm³/mol. The van der Waals surface area contributed by atoms with Crippen molar-refractivity contribution in [3.8, 4) is 5.75 Å². The van der Waals surface area contributed by atoms with E-state index >= 15 is 0 Å². The first kappa shape index (κ1) is 23.3. The zero-order valence-electron chi connectivity index (χ0n) is 19.5. The van der Waals surface area contributed by atoms with E-state index in [2.05, 4.69) is 23.5 Å². The highest BCUT2D eigenvalue weighted by atomic mass is 16.5. The number of Topliss-reactive ketones (excluding diaryl/α,β-unsaturated/α-hetero) is 1. The molecule has 1 aromatic carbocycles. The molecule has 2 aromatic rings. The second-order valence-corrected chi connectivity index (χ2v) is 8.96. The Morgan fingerprint density at radius 3 is 2.88 bits per heavy atom. The number of rotatable bonds is 11. The van der Waals surface area contributed by atoms with Crippen LogP contribution < -0.4 is 10.1 Å². The van der Waals surface area contributed by atoms with E-state index in [0.29, 0.717) is 26.1 Å². The number of carbonyl (C=O) groups excluding carboxylic acids is 2. The molecule has 6 nitrogen and oxygen atoms in total. The van der Waals surface area contributed by atoms with Gasteiger partial charge in [0.05, 0.1) is 19.6 Å². The van der Waals surface area contributed by atoms with Gasteiger partial charge in [-0.05, 0) is 67.9 Å². The largest absolute Gasteiger partial charge is 0.493 e. The maximum Gasteiger partial charge on any atom is 0.306 e. The lowest BCUT2D eigenvalue weighted by Crippen LogP contribution is -2.14. The number of ether oxygens (including phenoxy) is 2. The Hall–Kier alpha value is -2.89. The standard InChI is InChI=1S/C27H34N2O4/c1-2-32-26(31)18-22(21-10-9-19-13-15-33-25(19)17-21)16-24(30)8-4-3-7-23-12-11-20-6-5-14-28-27(20)29-23/h9-12,17,22H,2-8,13-16,18H2,1H3,(H,28,29). The van der Waals surface area contributed by atoms with Crippen molar-refractivity contribution in [2.75, 3.05) is 25.1 Å². The van der Waals surface area contributed by atoms with Crippen LogP contribution in [0.4, 0.5) is 5.82 Å². The number of anilines is 1. The Morgan fingerprint density at radius 1 is 1.12 bits per heavy atom. The fourth-order valence-corrected chi connectivity index (χ4v) is 4.68. The molecular formula is C27H34N2O4. The summed E-state index contributed by atoms with van der Waals surface area (Å²) in [6.45, 7) is 3.82. The van der Waals surface area contributed by atoms with Crippen LogP contribution in [0, 0.1) is 0 Å². The smallest absolute Gasteiger partial charge is 0.306 e. The number of pyridine rings is 1. The van der Waals surface area contributed by atoms with Crippen LogP contribution in [0.5, 0.6) is 5.75 Å². The van der Waals surface area contributed by atoms with E-state index in [1.54, 1.807) is 6.92 Å². The maximum atomic E-state index is 12.8. The molecule has 1 atom stereocenters. The van der Waals surface area contributed by atoms with Crippen molar-refractivity contribution in [1.29, 1.82) is 0 Å². The molecule has 2 aliphatic heterocycles. The van der Waals surface area contributed by atoms with Crippen molar-refractivity contribution in [1.82, 2.24) is 4.98 Å². The summed E-state index contributed by atoms with van der Waals surface area (Å²) in [5, 5.41) is 3.38. The third-order valence-electron chi connectivity index (χ3n) is 6.47. The van der Waals surface area contributed by atoms with Crippen LogP contribution in [0.25, 0.3) is 0 Å². The number of hydrogen-bond donors (Lipinski definition) is 1. The highest BCUT2D eigenvalue weighted by Crippen LogP contribution is 2.33. The number of fused-ring (bicyclic) bond motifs is 2. The second-order valence-electron chi connectivity index (χ2n) is 8.96. The van der Waals surface area contributed by atoms with Crippen molar-refractivity contribution in [3.63, 3.8) is 0 Å². The number of aryl methyl sites for hydroxylation is 2. The van der Waals surface area contributed by atoms with Crippen LogP contribution in [0.1, 0.15) is 73.8 Å². The van der Waals surface area contributed by atoms with E-state index in [1.807, 2.05) is 12.1 Å². The lowest BCUT2D eigenvalue weighted by atomic mass is 9.88. The van der Waals surface area contributed by atoms with Gasteiger partial charge < -0.3 is 14.8 Å². The van der Waals surface area contributed by atoms with E-state index < -0.39 is 0 Å². The summed E-state index contributed by atoms with van der Waals surface area (Å²) in [4.78, 5) is 29.7. The normalized spacial score (nSPS) is 15.1. The Balaban J connectivity index is 1.29. The number of nitrogens with one attached hydrogen (secondary N) is 1. The Bertz CT molecular complexity index is 988. The van der Waals surface area contributed by atoms with Crippen LogP contribution >= 0.6 is 0 Å². The average molecular weight is 451 g/mol. The number of benzene rings is 1. The Morgan fingerprint density at radius 2 is 2.00 bits per heavy atom. The van der Waals surface area contributed by atoms with E-state index in [9.17, 15) is 9.59 Å². The number of aromatic nitrogens is 1. The number of esters is 1. The molecule has 6 heteroatoms. The molecule has 176 valence electrons. The molecule has 0 aliphatic carbocycles. The molecule has 4 rings (SSSR count). The van der Waals surface area contributed by atoms with Gasteiger partial charge in [0.25, 0.3) is 0 Å². The monoisotopic (exact) mass is 450 g/mol. The molecular weight excluding hydrogens is 416 g/mol. The van der Waals surface area contributed by atoms with Gasteiger partial charge >= 0.3 is 5.97 Å². The Labute approximate surface area is 196 Å². The van der Waals surface area contributed by atoms with E-state index in [4.69, 9.17) is 14.5 Å². The van der Waals surface area contributed by atoms with E-state index in [0.717, 1.165) is 67.9 Å². The van der Waals surface area contributed by atoms with Crippen molar-refractivity contribution < 1.29 is 19.1 Å². The van der Waals surface area contributed by atoms with Gasteiger partial charge in [0.1, 0.15) is 17.4 Å². The fraction of sp³-hybridized carbons (Fsp3) is 0.519. The molecule has 0 saturated heterocycles. The zero-order chi connectivity index (χ0) is 23.0. The van der Waals surface area contributed by atoms with E-state index in [1.165, 1.54) is 11.1 Å². The van der Waals surface area contributed by atoms with Gasteiger partial charge in [0, 0.05) is 37.4 Å². The highest BCUT2D eigenvalue weighted by Gasteiger charge is 2.23. The first-order valence-electron chi connectivity index (χ1n) is 12.3. The summed E-state index contributed by atoms with van der Waals surface area (Å²) in [6.07, 6.45) is 6.85.